The largest absolute Gasteiger partial charge is 0.482 e. The molecule has 1 aromatic rings. The van der Waals surface area contributed by atoms with Gasteiger partial charge in [-0.25, -0.2) is 8.78 Å². The van der Waals surface area contributed by atoms with E-state index in [2.05, 4.69) is 9.72 Å². The molecule has 3 nitrogen and oxygen atoms in total. The van der Waals surface area contributed by atoms with Gasteiger partial charge in [-0.3, -0.25) is 9.78 Å². The number of H-pyrrole nitrogens is 1. The Morgan fingerprint density at radius 1 is 1.62 bits per heavy atom. The highest BCUT2D eigenvalue weighted by Gasteiger charge is 2.18. The van der Waals surface area contributed by atoms with Crippen molar-refractivity contribution in [3.8, 4) is 5.88 Å². The van der Waals surface area contributed by atoms with Gasteiger partial charge in [0.25, 0.3) is 12.0 Å². The quantitative estimate of drug-likeness (QED) is 0.848. The molecule has 1 N–H and O–H groups in total. The van der Waals surface area contributed by atoms with Crippen LogP contribution in [0.3, 0.4) is 0 Å². The minimum Gasteiger partial charge on any atom is -0.482 e. The molecule has 1 aromatic heterocycles. The maximum Gasteiger partial charge on any atom is 0.270 e. The summed E-state index contributed by atoms with van der Waals surface area (Å²) in [5.74, 6) is -0.174. The zero-order chi connectivity index (χ0) is 10.0. The molecular weight excluding hydrogens is 295 g/mol. The molecule has 6 heteroatoms. The Balaban J connectivity index is 3.38. The van der Waals surface area contributed by atoms with E-state index in [4.69, 9.17) is 0 Å². The van der Waals surface area contributed by atoms with Crippen molar-refractivity contribution >= 4 is 22.6 Å². The summed E-state index contributed by atoms with van der Waals surface area (Å²) in [7, 11) is 1.23. The summed E-state index contributed by atoms with van der Waals surface area (Å²) in [4.78, 5) is 13.0. The van der Waals surface area contributed by atoms with Crippen molar-refractivity contribution in [2.24, 2.45) is 0 Å². The number of halogens is 3. The molecule has 0 bridgehead atoms. The van der Waals surface area contributed by atoms with Crippen molar-refractivity contribution in [2.45, 2.75) is 6.43 Å². The first kappa shape index (κ1) is 10.4. The number of pyridine rings is 1. The molecule has 0 amide bonds. The van der Waals surface area contributed by atoms with E-state index in [0.717, 1.165) is 6.07 Å². The number of methoxy groups -OCH3 is 1. The van der Waals surface area contributed by atoms with E-state index in [1.165, 1.54) is 7.11 Å². The molecule has 1 rings (SSSR count). The summed E-state index contributed by atoms with van der Waals surface area (Å²) in [6.45, 7) is 0. The predicted octanol–water partition coefficient (Wildman–Crippen LogP) is 1.93. The Morgan fingerprint density at radius 3 is 2.69 bits per heavy atom. The number of nitrogens with one attached hydrogen (secondary N) is 1. The molecule has 0 atom stereocenters. The lowest BCUT2D eigenvalue weighted by Gasteiger charge is -2.07. The number of rotatable bonds is 2. The van der Waals surface area contributed by atoms with Crippen molar-refractivity contribution in [3.05, 3.63) is 25.6 Å². The van der Waals surface area contributed by atoms with Gasteiger partial charge in [0.15, 0.2) is 0 Å². The lowest BCUT2D eigenvalue weighted by Crippen LogP contribution is -2.10. The van der Waals surface area contributed by atoms with Crippen LogP contribution >= 0.6 is 22.6 Å². The molecular formula is C7H6F2INO2. The van der Waals surface area contributed by atoms with E-state index in [9.17, 15) is 13.6 Å². The summed E-state index contributed by atoms with van der Waals surface area (Å²) in [6, 6.07) is 1.10. The highest BCUT2D eigenvalue weighted by atomic mass is 127. The molecule has 13 heavy (non-hydrogen) atoms. The number of aromatic nitrogens is 1. The van der Waals surface area contributed by atoms with Gasteiger partial charge in [0.1, 0.15) is 0 Å². The van der Waals surface area contributed by atoms with Crippen LogP contribution in [0, 0.1) is 3.57 Å². The Kier molecular flexibility index (Phi) is 3.23. The van der Waals surface area contributed by atoms with Crippen LogP contribution in [0.1, 0.15) is 12.0 Å². The van der Waals surface area contributed by atoms with Crippen LogP contribution in [0.2, 0.25) is 0 Å². The summed E-state index contributed by atoms with van der Waals surface area (Å²) in [6.07, 6.45) is -2.65. The highest BCUT2D eigenvalue weighted by Crippen LogP contribution is 2.29. The zero-order valence-electron chi connectivity index (χ0n) is 6.61. The van der Waals surface area contributed by atoms with Crippen molar-refractivity contribution in [1.82, 2.24) is 4.98 Å². The van der Waals surface area contributed by atoms with Gasteiger partial charge in [0, 0.05) is 9.64 Å². The standard InChI is InChI=1S/C7H6F2INO2/c1-13-7-5(6(8)9)3(10)2-4(12)11-7/h2,6H,1H3,(H,11,12). The van der Waals surface area contributed by atoms with Crippen LogP contribution in [0.4, 0.5) is 8.78 Å². The second-order valence-corrected chi connectivity index (χ2v) is 3.39. The lowest BCUT2D eigenvalue weighted by atomic mass is 10.3. The minimum absolute atomic E-state index is 0.174. The predicted molar refractivity (Wildman–Crippen MR) is 51.3 cm³/mol. The molecule has 0 aromatic carbocycles. The number of ether oxygens (including phenoxy) is 1. The van der Waals surface area contributed by atoms with Crippen molar-refractivity contribution in [1.29, 1.82) is 0 Å². The van der Waals surface area contributed by atoms with E-state index < -0.39 is 12.0 Å². The van der Waals surface area contributed by atoms with Crippen LogP contribution in [0.15, 0.2) is 10.9 Å². The van der Waals surface area contributed by atoms with Crippen LogP contribution in [0.5, 0.6) is 5.88 Å². The van der Waals surface area contributed by atoms with Gasteiger partial charge in [-0.05, 0) is 22.6 Å². The van der Waals surface area contributed by atoms with Gasteiger partial charge in [-0.15, -0.1) is 0 Å². The SMILES string of the molecule is COc1[nH]c(=O)cc(I)c1C(F)F. The topological polar surface area (TPSA) is 42.1 Å². The molecule has 0 spiro atoms. The fourth-order valence-electron chi connectivity index (χ4n) is 0.881. The van der Waals surface area contributed by atoms with Gasteiger partial charge >= 0.3 is 0 Å². The van der Waals surface area contributed by atoms with Crippen LogP contribution < -0.4 is 10.3 Å². The van der Waals surface area contributed by atoms with Crippen molar-refractivity contribution < 1.29 is 13.5 Å². The Morgan fingerprint density at radius 2 is 2.23 bits per heavy atom. The lowest BCUT2D eigenvalue weighted by molar-refractivity contribution is 0.145. The van der Waals surface area contributed by atoms with Gasteiger partial charge in [0.05, 0.1) is 12.7 Å². The number of alkyl halides is 2. The van der Waals surface area contributed by atoms with E-state index in [1.54, 1.807) is 22.6 Å². The van der Waals surface area contributed by atoms with Crippen molar-refractivity contribution in [3.63, 3.8) is 0 Å². The fourth-order valence-corrected chi connectivity index (χ4v) is 1.64. The highest BCUT2D eigenvalue weighted by molar-refractivity contribution is 14.1. The number of hydrogen-bond donors (Lipinski definition) is 1. The summed E-state index contributed by atoms with van der Waals surface area (Å²) >= 11 is 1.67. The molecule has 72 valence electrons. The molecule has 0 aliphatic carbocycles. The maximum absolute atomic E-state index is 12.4. The average Bonchev–Trinajstić information content (AvgIpc) is 2.01. The summed E-state index contributed by atoms with van der Waals surface area (Å²) in [5.41, 5.74) is -0.728. The Hall–Kier alpha value is -0.660. The first-order chi connectivity index (χ1) is 6.06. The van der Waals surface area contributed by atoms with Crippen LogP contribution in [-0.4, -0.2) is 12.1 Å². The third-order valence-corrected chi connectivity index (χ3v) is 2.31. The van der Waals surface area contributed by atoms with E-state index >= 15 is 0 Å². The zero-order valence-corrected chi connectivity index (χ0v) is 8.76. The number of aromatic amines is 1. The molecule has 0 saturated heterocycles. The monoisotopic (exact) mass is 301 g/mol. The number of hydrogen-bond acceptors (Lipinski definition) is 2. The summed E-state index contributed by atoms with van der Waals surface area (Å²) < 4.78 is 29.6. The Labute approximate surface area is 86.2 Å². The van der Waals surface area contributed by atoms with Gasteiger partial charge in [-0.2, -0.15) is 0 Å². The second-order valence-electron chi connectivity index (χ2n) is 2.23. The second kappa shape index (κ2) is 4.03. The first-order valence-electron chi connectivity index (χ1n) is 3.31. The van der Waals surface area contributed by atoms with Crippen molar-refractivity contribution in [2.75, 3.05) is 7.11 Å². The van der Waals surface area contributed by atoms with Crippen LogP contribution in [0.25, 0.3) is 0 Å². The van der Waals surface area contributed by atoms with Gasteiger partial charge in [-0.1, -0.05) is 0 Å². The molecule has 1 heterocycles. The third-order valence-electron chi connectivity index (χ3n) is 1.42. The van der Waals surface area contributed by atoms with Crippen LogP contribution in [-0.2, 0) is 0 Å². The minimum atomic E-state index is -2.65. The van der Waals surface area contributed by atoms with Gasteiger partial charge in [0.2, 0.25) is 5.88 Å². The molecule has 0 aliphatic rings. The normalized spacial score (nSPS) is 10.5. The molecule has 0 unspecified atom stereocenters. The van der Waals surface area contributed by atoms with E-state index in [0.29, 0.717) is 0 Å². The first-order valence-corrected chi connectivity index (χ1v) is 4.39. The molecule has 0 radical (unpaired) electrons. The molecule has 0 saturated carbocycles. The van der Waals surface area contributed by atoms with E-state index in [1.807, 2.05) is 0 Å². The van der Waals surface area contributed by atoms with Gasteiger partial charge < -0.3 is 4.74 Å². The fraction of sp³-hybridized carbons (Fsp3) is 0.286. The molecule has 0 fully saturated rings. The average molecular weight is 301 g/mol. The third kappa shape index (κ3) is 2.17. The maximum atomic E-state index is 12.4. The summed E-state index contributed by atoms with van der Waals surface area (Å²) in [5, 5.41) is 0. The molecule has 0 aliphatic heterocycles. The van der Waals surface area contributed by atoms with E-state index in [-0.39, 0.29) is 15.0 Å². The Bertz CT molecular complexity index is 364. The smallest absolute Gasteiger partial charge is 0.270 e.